The molecule has 0 saturated heterocycles. The van der Waals surface area contributed by atoms with Crippen molar-refractivity contribution < 1.29 is 9.90 Å². The largest absolute Gasteiger partial charge is 0.385 e. The summed E-state index contributed by atoms with van der Waals surface area (Å²) < 4.78 is 0. The number of hydrogen-bond acceptors (Lipinski definition) is 3. The highest BCUT2D eigenvalue weighted by Gasteiger charge is 2.25. The number of pyridine rings is 1. The van der Waals surface area contributed by atoms with Gasteiger partial charge in [0.25, 0.3) is 0 Å². The summed E-state index contributed by atoms with van der Waals surface area (Å²) in [6.07, 6.45) is 3.89. The van der Waals surface area contributed by atoms with Crippen LogP contribution in [0.15, 0.2) is 18.5 Å². The predicted molar refractivity (Wildman–Crippen MR) is 63.4 cm³/mol. The van der Waals surface area contributed by atoms with Gasteiger partial charge in [-0.15, -0.1) is 0 Å². The molecule has 0 aliphatic heterocycles. The van der Waals surface area contributed by atoms with Crippen LogP contribution in [0.25, 0.3) is 0 Å². The van der Waals surface area contributed by atoms with Crippen molar-refractivity contribution >= 4 is 5.78 Å². The van der Waals surface area contributed by atoms with Crippen LogP contribution in [0.4, 0.5) is 0 Å². The maximum Gasteiger partial charge on any atom is 0.193 e. The average Bonchev–Trinajstić information content (AvgIpc) is 2.30. The molecule has 1 unspecified atom stereocenters. The third-order valence-corrected chi connectivity index (χ3v) is 3.07. The Kier molecular flexibility index (Phi) is 4.62. The van der Waals surface area contributed by atoms with Crippen LogP contribution in [0.5, 0.6) is 0 Å². The van der Waals surface area contributed by atoms with E-state index in [4.69, 9.17) is 0 Å². The van der Waals surface area contributed by atoms with Gasteiger partial charge in [0.05, 0.1) is 0 Å². The van der Waals surface area contributed by atoms with E-state index in [1.807, 2.05) is 20.8 Å². The molecule has 0 radical (unpaired) electrons. The van der Waals surface area contributed by atoms with E-state index >= 15 is 0 Å². The maximum atomic E-state index is 12.0. The lowest BCUT2D eigenvalue weighted by molar-refractivity contribution is 0.0587. The van der Waals surface area contributed by atoms with E-state index in [1.165, 1.54) is 6.20 Å². The molecule has 0 amide bonds. The minimum Gasteiger partial charge on any atom is -0.385 e. The van der Waals surface area contributed by atoms with Gasteiger partial charge >= 0.3 is 0 Å². The molecular formula is C13H19NO2. The van der Waals surface area contributed by atoms with Crippen molar-refractivity contribution in [1.82, 2.24) is 4.98 Å². The quantitative estimate of drug-likeness (QED) is 0.776. The van der Waals surface area contributed by atoms with Crippen molar-refractivity contribution in [2.45, 2.75) is 39.7 Å². The summed E-state index contributed by atoms with van der Waals surface area (Å²) in [4.78, 5) is 16.0. The van der Waals surface area contributed by atoms with Crippen molar-refractivity contribution in [1.29, 1.82) is 0 Å². The number of aryl methyl sites for hydroxylation is 1. The Labute approximate surface area is 96.5 Å². The van der Waals surface area contributed by atoms with Gasteiger partial charge in [0.2, 0.25) is 0 Å². The molecule has 3 nitrogen and oxygen atoms in total. The second-order valence-electron chi connectivity index (χ2n) is 4.08. The molecule has 0 aromatic carbocycles. The Morgan fingerprint density at radius 3 is 2.56 bits per heavy atom. The minimum absolute atomic E-state index is 0.0344. The lowest BCUT2D eigenvalue weighted by Gasteiger charge is -2.19. The molecule has 0 aliphatic rings. The summed E-state index contributed by atoms with van der Waals surface area (Å²) in [5.74, 6) is -0.175. The number of aromatic nitrogens is 1. The first-order chi connectivity index (χ1) is 7.61. The Morgan fingerprint density at radius 1 is 1.44 bits per heavy atom. The first-order valence-corrected chi connectivity index (χ1v) is 5.74. The van der Waals surface area contributed by atoms with Gasteiger partial charge in [-0.3, -0.25) is 9.78 Å². The summed E-state index contributed by atoms with van der Waals surface area (Å²) in [5.41, 5.74) is 1.40. The van der Waals surface area contributed by atoms with E-state index in [0.29, 0.717) is 5.56 Å². The number of hydrogen-bond donors (Lipinski definition) is 1. The van der Waals surface area contributed by atoms with Crippen LogP contribution in [-0.2, 0) is 0 Å². The van der Waals surface area contributed by atoms with Crippen LogP contribution >= 0.6 is 0 Å². The first-order valence-electron chi connectivity index (χ1n) is 5.74. The summed E-state index contributed by atoms with van der Waals surface area (Å²) in [6, 6.07) is 1.78. The molecular weight excluding hydrogens is 202 g/mol. The standard InChI is InChI=1S/C13H19NO2/c1-4-10(5-2)12(15)13(16)11-8-14-7-6-9(11)3/h6-8,10,12,15H,4-5H2,1-3H3. The maximum absolute atomic E-state index is 12.0. The molecule has 3 heteroatoms. The molecule has 0 fully saturated rings. The summed E-state index contributed by atoms with van der Waals surface area (Å²) in [7, 11) is 0. The Morgan fingerprint density at radius 2 is 2.06 bits per heavy atom. The van der Waals surface area contributed by atoms with Crippen LogP contribution in [0.2, 0.25) is 0 Å². The molecule has 0 spiro atoms. The van der Waals surface area contributed by atoms with Crippen LogP contribution in [0.1, 0.15) is 42.6 Å². The summed E-state index contributed by atoms with van der Waals surface area (Å²) >= 11 is 0. The van der Waals surface area contributed by atoms with Gasteiger partial charge in [-0.05, 0) is 24.5 Å². The fourth-order valence-corrected chi connectivity index (χ4v) is 1.83. The first kappa shape index (κ1) is 12.8. The van der Waals surface area contributed by atoms with Crippen LogP contribution in [0.3, 0.4) is 0 Å². The predicted octanol–water partition coefficient (Wildman–Crippen LogP) is 2.37. The van der Waals surface area contributed by atoms with Crippen molar-refractivity contribution in [3.8, 4) is 0 Å². The molecule has 1 rings (SSSR count). The van der Waals surface area contributed by atoms with E-state index in [9.17, 15) is 9.90 Å². The zero-order valence-electron chi connectivity index (χ0n) is 10.1. The molecule has 16 heavy (non-hydrogen) atoms. The highest BCUT2D eigenvalue weighted by atomic mass is 16.3. The molecule has 1 aromatic heterocycles. The van der Waals surface area contributed by atoms with E-state index in [1.54, 1.807) is 12.3 Å². The van der Waals surface area contributed by atoms with Gasteiger partial charge in [-0.2, -0.15) is 0 Å². The SMILES string of the molecule is CCC(CC)C(O)C(=O)c1cnccc1C. The average molecular weight is 221 g/mol. The minimum atomic E-state index is -0.905. The molecule has 0 aliphatic carbocycles. The Bertz CT molecular complexity index is 359. The lowest BCUT2D eigenvalue weighted by atomic mass is 9.90. The molecule has 1 heterocycles. The lowest BCUT2D eigenvalue weighted by Crippen LogP contribution is -2.29. The van der Waals surface area contributed by atoms with Crippen molar-refractivity contribution in [3.63, 3.8) is 0 Å². The molecule has 88 valence electrons. The second kappa shape index (κ2) is 5.75. The molecule has 1 N–H and O–H groups in total. The fourth-order valence-electron chi connectivity index (χ4n) is 1.83. The highest BCUT2D eigenvalue weighted by molar-refractivity contribution is 6.00. The number of aliphatic hydroxyl groups excluding tert-OH is 1. The van der Waals surface area contributed by atoms with Gasteiger partial charge < -0.3 is 5.11 Å². The van der Waals surface area contributed by atoms with E-state index in [2.05, 4.69) is 4.98 Å². The number of ketones is 1. The molecule has 0 bridgehead atoms. The van der Waals surface area contributed by atoms with E-state index in [-0.39, 0.29) is 11.7 Å². The smallest absolute Gasteiger partial charge is 0.193 e. The number of Topliss-reactive ketones (excluding diaryl/α,β-unsaturated/α-hetero) is 1. The third kappa shape index (κ3) is 2.67. The van der Waals surface area contributed by atoms with Gasteiger partial charge in [0, 0.05) is 18.0 Å². The van der Waals surface area contributed by atoms with E-state index in [0.717, 1.165) is 18.4 Å². The second-order valence-corrected chi connectivity index (χ2v) is 4.08. The molecule has 0 saturated carbocycles. The number of rotatable bonds is 5. The normalized spacial score (nSPS) is 12.8. The van der Waals surface area contributed by atoms with Crippen molar-refractivity contribution in [2.24, 2.45) is 5.92 Å². The number of nitrogens with zero attached hydrogens (tertiary/aromatic N) is 1. The van der Waals surface area contributed by atoms with Gasteiger partial charge in [-0.25, -0.2) is 0 Å². The summed E-state index contributed by atoms with van der Waals surface area (Å²) in [5, 5.41) is 9.98. The topological polar surface area (TPSA) is 50.2 Å². The number of carbonyl (C=O) groups is 1. The van der Waals surface area contributed by atoms with Crippen LogP contribution in [-0.4, -0.2) is 22.0 Å². The van der Waals surface area contributed by atoms with Crippen molar-refractivity contribution in [3.05, 3.63) is 29.6 Å². The van der Waals surface area contributed by atoms with Gasteiger partial charge in [0.1, 0.15) is 6.10 Å². The third-order valence-electron chi connectivity index (χ3n) is 3.07. The zero-order valence-corrected chi connectivity index (χ0v) is 10.1. The van der Waals surface area contributed by atoms with Crippen LogP contribution in [0, 0.1) is 12.8 Å². The summed E-state index contributed by atoms with van der Waals surface area (Å²) in [6.45, 7) is 5.83. The molecule has 1 atom stereocenters. The molecule has 1 aromatic rings. The van der Waals surface area contributed by atoms with Gasteiger partial charge in [-0.1, -0.05) is 26.7 Å². The fraction of sp³-hybridized carbons (Fsp3) is 0.538. The van der Waals surface area contributed by atoms with E-state index < -0.39 is 6.10 Å². The number of carbonyl (C=O) groups excluding carboxylic acids is 1. The monoisotopic (exact) mass is 221 g/mol. The Balaban J connectivity index is 2.90. The van der Waals surface area contributed by atoms with Crippen molar-refractivity contribution in [2.75, 3.05) is 0 Å². The zero-order chi connectivity index (χ0) is 12.1. The van der Waals surface area contributed by atoms with Crippen LogP contribution < -0.4 is 0 Å². The Hall–Kier alpha value is -1.22. The number of aliphatic hydroxyl groups is 1. The van der Waals surface area contributed by atoms with Gasteiger partial charge in [0.15, 0.2) is 5.78 Å². The highest BCUT2D eigenvalue weighted by Crippen LogP contribution is 2.18.